The average Bonchev–Trinajstić information content (AvgIpc) is 2.31. The lowest BCUT2D eigenvalue weighted by Gasteiger charge is -2.26. The van der Waals surface area contributed by atoms with E-state index >= 15 is 0 Å². The third-order valence-electron chi connectivity index (χ3n) is 2.44. The molecule has 0 heterocycles. The number of nitrogens with zero attached hydrogens (tertiary/aromatic N) is 1. The van der Waals surface area contributed by atoms with Gasteiger partial charge >= 0.3 is 0 Å². The van der Waals surface area contributed by atoms with Crippen molar-refractivity contribution in [1.29, 1.82) is 0 Å². The van der Waals surface area contributed by atoms with Gasteiger partial charge in [-0.15, -0.1) is 11.6 Å². The van der Waals surface area contributed by atoms with Crippen LogP contribution in [0.4, 0.5) is 13.2 Å². The highest BCUT2D eigenvalue weighted by Crippen LogP contribution is 2.16. The van der Waals surface area contributed by atoms with Crippen LogP contribution < -0.4 is 0 Å². The molecule has 100 valence electrons. The van der Waals surface area contributed by atoms with Gasteiger partial charge < -0.3 is 4.90 Å². The van der Waals surface area contributed by atoms with Crippen LogP contribution in [0.2, 0.25) is 0 Å². The van der Waals surface area contributed by atoms with Crippen molar-refractivity contribution in [3.63, 3.8) is 0 Å². The Labute approximate surface area is 108 Å². The van der Waals surface area contributed by atoms with Crippen LogP contribution in [0.25, 0.3) is 0 Å². The summed E-state index contributed by atoms with van der Waals surface area (Å²) in [5.41, 5.74) is -0.231. The maximum atomic E-state index is 13.0. The average molecular weight is 280 g/mol. The van der Waals surface area contributed by atoms with Crippen molar-refractivity contribution < 1.29 is 18.0 Å². The van der Waals surface area contributed by atoms with Gasteiger partial charge in [0.25, 0.3) is 5.91 Å². The van der Waals surface area contributed by atoms with Gasteiger partial charge in [0.05, 0.1) is 0 Å². The zero-order chi connectivity index (χ0) is 13.9. The molecule has 0 saturated heterocycles. The molecule has 18 heavy (non-hydrogen) atoms. The molecule has 0 aromatic heterocycles. The summed E-state index contributed by atoms with van der Waals surface area (Å²) in [7, 11) is 0. The molecule has 0 fully saturated rings. The van der Waals surface area contributed by atoms with Crippen LogP contribution in [-0.2, 0) is 0 Å². The van der Waals surface area contributed by atoms with Gasteiger partial charge in [0, 0.05) is 24.0 Å². The van der Waals surface area contributed by atoms with Crippen LogP contribution >= 0.6 is 11.6 Å². The highest BCUT2D eigenvalue weighted by atomic mass is 35.5. The number of carbonyl (C=O) groups is 1. The van der Waals surface area contributed by atoms with Crippen molar-refractivity contribution in [1.82, 2.24) is 4.90 Å². The molecule has 2 nitrogen and oxygen atoms in total. The summed E-state index contributed by atoms with van der Waals surface area (Å²) in [5.74, 6) is -4.72. The fourth-order valence-corrected chi connectivity index (χ4v) is 1.71. The molecule has 0 unspecified atom stereocenters. The van der Waals surface area contributed by atoms with E-state index in [4.69, 9.17) is 11.6 Å². The largest absolute Gasteiger partial charge is 0.335 e. The first-order chi connectivity index (χ1) is 8.38. The second-order valence-electron chi connectivity index (χ2n) is 4.04. The lowest BCUT2D eigenvalue weighted by atomic mass is 10.1. The van der Waals surface area contributed by atoms with Crippen molar-refractivity contribution in [3.8, 4) is 0 Å². The molecular weight excluding hydrogens is 267 g/mol. The number of hydrogen-bond acceptors (Lipinski definition) is 1. The van der Waals surface area contributed by atoms with Crippen molar-refractivity contribution in [2.75, 3.05) is 12.4 Å². The van der Waals surface area contributed by atoms with Crippen molar-refractivity contribution in [2.45, 2.75) is 19.9 Å². The molecule has 1 aromatic rings. The quantitative estimate of drug-likeness (QED) is 0.612. The summed E-state index contributed by atoms with van der Waals surface area (Å²) in [6, 6.07) is 1.20. The predicted octanol–water partition coefficient (Wildman–Crippen LogP) is 3.19. The lowest BCUT2D eigenvalue weighted by molar-refractivity contribution is 0.0717. The Balaban J connectivity index is 3.09. The molecule has 0 spiro atoms. The highest BCUT2D eigenvalue weighted by Gasteiger charge is 2.21. The van der Waals surface area contributed by atoms with E-state index in [1.807, 2.05) is 0 Å². The van der Waals surface area contributed by atoms with E-state index in [2.05, 4.69) is 0 Å². The SMILES string of the molecule is CC(C)N(CCCl)C(=O)c1cc(F)c(F)c(F)c1. The fraction of sp³-hybridized carbons (Fsp3) is 0.417. The molecule has 1 amide bonds. The molecular formula is C12H13ClF3NO. The number of halogens is 4. The topological polar surface area (TPSA) is 20.3 Å². The third-order valence-corrected chi connectivity index (χ3v) is 2.61. The molecule has 0 aliphatic heterocycles. The number of hydrogen-bond donors (Lipinski definition) is 0. The number of benzene rings is 1. The number of rotatable bonds is 4. The van der Waals surface area contributed by atoms with E-state index in [1.54, 1.807) is 13.8 Å². The Morgan fingerprint density at radius 1 is 1.28 bits per heavy atom. The van der Waals surface area contributed by atoms with E-state index in [0.29, 0.717) is 12.1 Å². The maximum absolute atomic E-state index is 13.0. The van der Waals surface area contributed by atoms with Gasteiger partial charge in [-0.3, -0.25) is 4.79 Å². The van der Waals surface area contributed by atoms with E-state index < -0.39 is 23.4 Å². The van der Waals surface area contributed by atoms with Gasteiger partial charge in [-0.2, -0.15) is 0 Å². The van der Waals surface area contributed by atoms with E-state index in [9.17, 15) is 18.0 Å². The monoisotopic (exact) mass is 279 g/mol. The molecule has 0 bridgehead atoms. The zero-order valence-corrected chi connectivity index (χ0v) is 10.8. The van der Waals surface area contributed by atoms with Gasteiger partial charge in [-0.25, -0.2) is 13.2 Å². The number of alkyl halides is 1. The number of carbonyl (C=O) groups excluding carboxylic acids is 1. The molecule has 1 rings (SSSR count). The molecule has 0 aliphatic rings. The van der Waals surface area contributed by atoms with Gasteiger partial charge in [-0.05, 0) is 26.0 Å². The minimum Gasteiger partial charge on any atom is -0.335 e. The Morgan fingerprint density at radius 2 is 1.78 bits per heavy atom. The van der Waals surface area contributed by atoms with Gasteiger partial charge in [0.1, 0.15) is 0 Å². The van der Waals surface area contributed by atoms with Crippen LogP contribution in [-0.4, -0.2) is 29.3 Å². The van der Waals surface area contributed by atoms with Crippen LogP contribution in [0.3, 0.4) is 0 Å². The Hall–Kier alpha value is -1.23. The fourth-order valence-electron chi connectivity index (χ4n) is 1.53. The predicted molar refractivity (Wildman–Crippen MR) is 63.2 cm³/mol. The smallest absolute Gasteiger partial charge is 0.254 e. The van der Waals surface area contributed by atoms with Crippen molar-refractivity contribution in [2.24, 2.45) is 0 Å². The Bertz CT molecular complexity index is 428. The minimum absolute atomic E-state index is 0.174. The van der Waals surface area contributed by atoms with Crippen LogP contribution in [0.1, 0.15) is 24.2 Å². The van der Waals surface area contributed by atoms with E-state index in [-0.39, 0.29) is 24.0 Å². The van der Waals surface area contributed by atoms with Crippen LogP contribution in [0.15, 0.2) is 12.1 Å². The molecule has 1 aromatic carbocycles. The second kappa shape index (κ2) is 6.09. The summed E-state index contributed by atoms with van der Waals surface area (Å²) in [4.78, 5) is 13.4. The minimum atomic E-state index is -1.58. The summed E-state index contributed by atoms with van der Waals surface area (Å²) < 4.78 is 38.9. The van der Waals surface area contributed by atoms with Crippen LogP contribution in [0.5, 0.6) is 0 Å². The lowest BCUT2D eigenvalue weighted by Crippen LogP contribution is -2.38. The summed E-state index contributed by atoms with van der Waals surface area (Å²) in [5, 5.41) is 0. The summed E-state index contributed by atoms with van der Waals surface area (Å²) >= 11 is 5.56. The molecule has 0 saturated carbocycles. The Kier molecular flexibility index (Phi) is 5.02. The standard InChI is InChI=1S/C12H13ClF3NO/c1-7(2)17(4-3-13)12(18)8-5-9(14)11(16)10(15)6-8/h5-7H,3-4H2,1-2H3. The molecule has 0 radical (unpaired) electrons. The molecule has 6 heteroatoms. The summed E-state index contributed by atoms with van der Waals surface area (Å²) in [6.07, 6.45) is 0. The highest BCUT2D eigenvalue weighted by molar-refractivity contribution is 6.18. The number of amides is 1. The maximum Gasteiger partial charge on any atom is 0.254 e. The van der Waals surface area contributed by atoms with Crippen molar-refractivity contribution in [3.05, 3.63) is 35.1 Å². The molecule has 0 atom stereocenters. The van der Waals surface area contributed by atoms with E-state index in [1.165, 1.54) is 4.90 Å². The summed E-state index contributed by atoms with van der Waals surface area (Å²) in [6.45, 7) is 3.75. The van der Waals surface area contributed by atoms with E-state index in [0.717, 1.165) is 0 Å². The van der Waals surface area contributed by atoms with Crippen molar-refractivity contribution >= 4 is 17.5 Å². The first-order valence-electron chi connectivity index (χ1n) is 5.40. The first kappa shape index (κ1) is 14.8. The van der Waals surface area contributed by atoms with Gasteiger partial charge in [0.2, 0.25) is 0 Å². The normalized spacial score (nSPS) is 10.8. The zero-order valence-electron chi connectivity index (χ0n) is 10.0. The van der Waals surface area contributed by atoms with Gasteiger partial charge in [0.15, 0.2) is 17.5 Å². The first-order valence-corrected chi connectivity index (χ1v) is 5.93. The van der Waals surface area contributed by atoms with Crippen LogP contribution in [0, 0.1) is 17.5 Å². The molecule has 0 N–H and O–H groups in total. The molecule has 0 aliphatic carbocycles. The van der Waals surface area contributed by atoms with Gasteiger partial charge in [-0.1, -0.05) is 0 Å². The second-order valence-corrected chi connectivity index (χ2v) is 4.41. The Morgan fingerprint density at radius 3 is 2.17 bits per heavy atom. The third kappa shape index (κ3) is 3.16.